The van der Waals surface area contributed by atoms with Crippen LogP contribution in [0, 0.1) is 0 Å². The van der Waals surface area contributed by atoms with Gasteiger partial charge in [0.2, 0.25) is 0 Å². The Morgan fingerprint density at radius 3 is 2.79 bits per heavy atom. The highest BCUT2D eigenvalue weighted by Gasteiger charge is 2.18. The SMILES string of the molecule is CCc1cccc(NC(=S)N(C)[C@@H](C)c2nc3ccccc3s2)c1. The van der Waals surface area contributed by atoms with Crippen molar-refractivity contribution >= 4 is 44.6 Å². The predicted molar refractivity (Wildman–Crippen MR) is 108 cm³/mol. The number of fused-ring (bicyclic) bond motifs is 1. The third-order valence-electron chi connectivity index (χ3n) is 4.16. The first-order valence-corrected chi connectivity index (χ1v) is 9.29. The van der Waals surface area contributed by atoms with Crippen molar-refractivity contribution in [3.63, 3.8) is 0 Å². The molecule has 0 aliphatic heterocycles. The number of thiazole rings is 1. The van der Waals surface area contributed by atoms with Gasteiger partial charge in [-0.05, 0) is 55.4 Å². The van der Waals surface area contributed by atoms with Gasteiger partial charge in [-0.15, -0.1) is 11.3 Å². The highest BCUT2D eigenvalue weighted by molar-refractivity contribution is 7.80. The van der Waals surface area contributed by atoms with Crippen LogP contribution < -0.4 is 5.32 Å². The van der Waals surface area contributed by atoms with Gasteiger partial charge in [0.25, 0.3) is 0 Å². The van der Waals surface area contributed by atoms with Crippen LogP contribution in [-0.2, 0) is 6.42 Å². The molecule has 0 bridgehead atoms. The average Bonchev–Trinajstić information content (AvgIpc) is 3.04. The molecule has 124 valence electrons. The van der Waals surface area contributed by atoms with Crippen LogP contribution in [0.15, 0.2) is 48.5 Å². The van der Waals surface area contributed by atoms with E-state index >= 15 is 0 Å². The first kappa shape index (κ1) is 16.9. The molecule has 5 heteroatoms. The van der Waals surface area contributed by atoms with E-state index in [4.69, 9.17) is 17.2 Å². The van der Waals surface area contributed by atoms with Crippen LogP contribution in [0.25, 0.3) is 10.2 Å². The van der Waals surface area contributed by atoms with Crippen molar-refractivity contribution in [2.45, 2.75) is 26.3 Å². The van der Waals surface area contributed by atoms with Gasteiger partial charge in [0.15, 0.2) is 5.11 Å². The first-order chi connectivity index (χ1) is 11.6. The fraction of sp³-hybridized carbons (Fsp3) is 0.263. The van der Waals surface area contributed by atoms with Crippen LogP contribution >= 0.6 is 23.6 Å². The molecule has 0 fully saturated rings. The Labute approximate surface area is 152 Å². The molecule has 3 rings (SSSR count). The maximum Gasteiger partial charge on any atom is 0.173 e. The lowest BCUT2D eigenvalue weighted by Crippen LogP contribution is -2.33. The average molecular weight is 356 g/mol. The lowest BCUT2D eigenvalue weighted by Gasteiger charge is -2.26. The number of nitrogens with one attached hydrogen (secondary N) is 1. The fourth-order valence-electron chi connectivity index (χ4n) is 2.49. The summed E-state index contributed by atoms with van der Waals surface area (Å²) in [6.45, 7) is 4.28. The van der Waals surface area contributed by atoms with Gasteiger partial charge < -0.3 is 10.2 Å². The molecule has 1 N–H and O–H groups in total. The molecule has 0 radical (unpaired) electrons. The highest BCUT2D eigenvalue weighted by Crippen LogP contribution is 2.29. The number of hydrogen-bond acceptors (Lipinski definition) is 3. The number of thiocarbonyl (C=S) groups is 1. The van der Waals surface area contributed by atoms with Crippen molar-refractivity contribution in [1.29, 1.82) is 0 Å². The quantitative estimate of drug-likeness (QED) is 0.647. The van der Waals surface area contributed by atoms with Crippen LogP contribution in [0.5, 0.6) is 0 Å². The van der Waals surface area contributed by atoms with E-state index in [1.807, 2.05) is 25.2 Å². The zero-order valence-electron chi connectivity index (χ0n) is 14.1. The molecule has 0 unspecified atom stereocenters. The van der Waals surface area contributed by atoms with E-state index < -0.39 is 0 Å². The molecule has 3 nitrogen and oxygen atoms in total. The first-order valence-electron chi connectivity index (χ1n) is 8.06. The van der Waals surface area contributed by atoms with Gasteiger partial charge in [-0.1, -0.05) is 31.2 Å². The number of rotatable bonds is 4. The van der Waals surface area contributed by atoms with Crippen molar-refractivity contribution in [2.75, 3.05) is 12.4 Å². The Balaban J connectivity index is 1.74. The van der Waals surface area contributed by atoms with Gasteiger partial charge in [0.1, 0.15) is 5.01 Å². The molecule has 24 heavy (non-hydrogen) atoms. The van der Waals surface area contributed by atoms with Gasteiger partial charge >= 0.3 is 0 Å². The number of aryl methyl sites for hydroxylation is 1. The summed E-state index contributed by atoms with van der Waals surface area (Å²) in [6.07, 6.45) is 1.01. The van der Waals surface area contributed by atoms with Gasteiger partial charge in [0, 0.05) is 12.7 Å². The molecule has 3 aromatic rings. The maximum absolute atomic E-state index is 5.59. The number of benzene rings is 2. The Kier molecular flexibility index (Phi) is 5.11. The smallest absolute Gasteiger partial charge is 0.173 e. The van der Waals surface area contributed by atoms with Crippen molar-refractivity contribution < 1.29 is 0 Å². The maximum atomic E-state index is 5.59. The van der Waals surface area contributed by atoms with Crippen LogP contribution in [0.3, 0.4) is 0 Å². The predicted octanol–water partition coefficient (Wildman–Crippen LogP) is 5.25. The summed E-state index contributed by atoms with van der Waals surface area (Å²) in [6, 6.07) is 16.7. The van der Waals surface area contributed by atoms with Crippen LogP contribution in [0.4, 0.5) is 5.69 Å². The normalized spacial score (nSPS) is 12.1. The van der Waals surface area contributed by atoms with E-state index in [0.29, 0.717) is 5.11 Å². The summed E-state index contributed by atoms with van der Waals surface area (Å²) in [7, 11) is 2.01. The van der Waals surface area contributed by atoms with Gasteiger partial charge in [-0.25, -0.2) is 4.98 Å². The van der Waals surface area contributed by atoms with Gasteiger partial charge in [-0.2, -0.15) is 0 Å². The van der Waals surface area contributed by atoms with Crippen LogP contribution in [0.1, 0.15) is 30.5 Å². The molecule has 0 saturated heterocycles. The number of anilines is 1. The molecular weight excluding hydrogens is 334 g/mol. The zero-order chi connectivity index (χ0) is 17.1. The van der Waals surface area contributed by atoms with E-state index in [1.54, 1.807) is 11.3 Å². The van der Waals surface area contributed by atoms with E-state index in [2.05, 4.69) is 54.4 Å². The molecule has 1 aromatic heterocycles. The topological polar surface area (TPSA) is 28.2 Å². The second-order valence-corrected chi connectivity index (χ2v) is 7.24. The van der Waals surface area contributed by atoms with E-state index in [-0.39, 0.29) is 6.04 Å². The Morgan fingerprint density at radius 2 is 2.04 bits per heavy atom. The third-order valence-corrected chi connectivity index (χ3v) is 5.75. The van der Waals surface area contributed by atoms with Gasteiger partial charge in [-0.3, -0.25) is 0 Å². The minimum absolute atomic E-state index is 0.122. The van der Waals surface area contributed by atoms with Crippen molar-refractivity contribution in [1.82, 2.24) is 9.88 Å². The molecule has 0 amide bonds. The highest BCUT2D eigenvalue weighted by atomic mass is 32.1. The summed E-state index contributed by atoms with van der Waals surface area (Å²) in [5, 5.41) is 5.11. The van der Waals surface area contributed by atoms with Crippen LogP contribution in [0.2, 0.25) is 0 Å². The molecular formula is C19H21N3S2. The fourth-order valence-corrected chi connectivity index (χ4v) is 3.83. The van der Waals surface area contributed by atoms with Crippen molar-refractivity contribution in [3.8, 4) is 0 Å². The molecule has 0 spiro atoms. The lowest BCUT2D eigenvalue weighted by atomic mass is 10.1. The molecule has 0 aliphatic rings. The largest absolute Gasteiger partial charge is 0.343 e. The number of para-hydroxylation sites is 1. The van der Waals surface area contributed by atoms with E-state index in [9.17, 15) is 0 Å². The Bertz CT molecular complexity index is 823. The van der Waals surface area contributed by atoms with E-state index in [1.165, 1.54) is 10.3 Å². The molecule has 0 saturated carbocycles. The number of aromatic nitrogens is 1. The molecule has 0 aliphatic carbocycles. The summed E-state index contributed by atoms with van der Waals surface area (Å²) in [4.78, 5) is 6.80. The standard InChI is InChI=1S/C19H21N3S2/c1-4-14-8-7-9-15(12-14)20-19(23)22(3)13(2)18-21-16-10-5-6-11-17(16)24-18/h5-13H,4H2,1-3H3,(H,20,23)/t13-/m0/s1. The van der Waals surface area contributed by atoms with E-state index in [0.717, 1.165) is 22.6 Å². The van der Waals surface area contributed by atoms with Crippen molar-refractivity contribution in [2.24, 2.45) is 0 Å². The minimum atomic E-state index is 0.122. The molecule has 2 aromatic carbocycles. The second kappa shape index (κ2) is 7.28. The van der Waals surface area contributed by atoms with Crippen LogP contribution in [-0.4, -0.2) is 22.0 Å². The second-order valence-electron chi connectivity index (χ2n) is 5.79. The summed E-state index contributed by atoms with van der Waals surface area (Å²) in [5.74, 6) is 0. The summed E-state index contributed by atoms with van der Waals surface area (Å²) >= 11 is 7.31. The number of nitrogens with zero attached hydrogens (tertiary/aromatic N) is 2. The Hall–Kier alpha value is -1.98. The molecule has 1 heterocycles. The third kappa shape index (κ3) is 3.57. The minimum Gasteiger partial charge on any atom is -0.343 e. The monoisotopic (exact) mass is 355 g/mol. The lowest BCUT2D eigenvalue weighted by molar-refractivity contribution is 0.407. The zero-order valence-corrected chi connectivity index (χ0v) is 15.7. The summed E-state index contributed by atoms with van der Waals surface area (Å²) < 4.78 is 1.21. The Morgan fingerprint density at radius 1 is 1.25 bits per heavy atom. The number of hydrogen-bond donors (Lipinski definition) is 1. The van der Waals surface area contributed by atoms with Gasteiger partial charge in [0.05, 0.1) is 16.3 Å². The summed E-state index contributed by atoms with van der Waals surface area (Å²) in [5.41, 5.74) is 3.37. The van der Waals surface area contributed by atoms with Crippen molar-refractivity contribution in [3.05, 3.63) is 59.1 Å². The molecule has 1 atom stereocenters.